The highest BCUT2D eigenvalue weighted by atomic mass is 32.2. The highest BCUT2D eigenvalue weighted by Crippen LogP contribution is 2.34. The normalized spacial score (nSPS) is 11.3. The second kappa shape index (κ2) is 9.36. The van der Waals surface area contributed by atoms with Crippen LogP contribution in [0.25, 0.3) is 10.1 Å². The van der Waals surface area contributed by atoms with Crippen molar-refractivity contribution in [2.24, 2.45) is 0 Å². The second-order valence-corrected chi connectivity index (χ2v) is 10.7. The van der Waals surface area contributed by atoms with Crippen LogP contribution in [0, 0.1) is 6.92 Å². The Kier molecular flexibility index (Phi) is 6.49. The number of benzene rings is 3. The average Bonchev–Trinajstić information content (AvgIpc) is 3.27. The van der Waals surface area contributed by atoms with Crippen molar-refractivity contribution in [2.45, 2.75) is 11.8 Å². The van der Waals surface area contributed by atoms with Crippen LogP contribution < -0.4 is 19.1 Å². The summed E-state index contributed by atoms with van der Waals surface area (Å²) in [5, 5.41) is 3.64. The maximum absolute atomic E-state index is 13.3. The average molecular weight is 497 g/mol. The van der Waals surface area contributed by atoms with Crippen LogP contribution >= 0.6 is 11.3 Å². The van der Waals surface area contributed by atoms with Gasteiger partial charge in [0.2, 0.25) is 0 Å². The van der Waals surface area contributed by atoms with E-state index in [1.165, 1.54) is 29.8 Å². The number of methoxy groups -OCH3 is 2. The Hall–Kier alpha value is -3.56. The molecule has 0 radical (unpaired) electrons. The molecule has 1 amide bonds. The van der Waals surface area contributed by atoms with Gasteiger partial charge in [0.1, 0.15) is 16.4 Å². The van der Waals surface area contributed by atoms with Crippen molar-refractivity contribution < 1.29 is 22.7 Å². The molecule has 0 spiro atoms. The van der Waals surface area contributed by atoms with Crippen molar-refractivity contribution in [3.8, 4) is 11.5 Å². The van der Waals surface area contributed by atoms with E-state index in [1.807, 2.05) is 13.0 Å². The number of thiophene rings is 1. The number of fused-ring (bicyclic) bond motifs is 1. The Morgan fingerprint density at radius 1 is 0.971 bits per heavy atom. The van der Waals surface area contributed by atoms with Gasteiger partial charge in [-0.1, -0.05) is 12.1 Å². The second-order valence-electron chi connectivity index (χ2n) is 7.65. The maximum Gasteiger partial charge on any atom is 0.267 e. The molecule has 176 valence electrons. The Bertz CT molecular complexity index is 1480. The van der Waals surface area contributed by atoms with E-state index in [2.05, 4.69) is 5.32 Å². The molecule has 1 N–H and O–H groups in total. The summed E-state index contributed by atoms with van der Waals surface area (Å²) < 4.78 is 39.3. The van der Waals surface area contributed by atoms with Crippen LogP contribution in [-0.2, 0) is 10.0 Å². The Morgan fingerprint density at radius 2 is 1.76 bits per heavy atom. The summed E-state index contributed by atoms with van der Waals surface area (Å²) in [6.07, 6.45) is 0. The summed E-state index contributed by atoms with van der Waals surface area (Å²) >= 11 is 1.34. The van der Waals surface area contributed by atoms with Crippen LogP contribution in [0.3, 0.4) is 0 Å². The van der Waals surface area contributed by atoms with Gasteiger partial charge in [0.25, 0.3) is 15.9 Å². The van der Waals surface area contributed by atoms with Gasteiger partial charge in [-0.05, 0) is 66.4 Å². The maximum atomic E-state index is 13.3. The summed E-state index contributed by atoms with van der Waals surface area (Å²) in [5.41, 5.74) is 1.92. The number of anilines is 2. The summed E-state index contributed by atoms with van der Waals surface area (Å²) in [6, 6.07) is 19.2. The summed E-state index contributed by atoms with van der Waals surface area (Å²) in [4.78, 5) is 13.4. The summed E-state index contributed by atoms with van der Waals surface area (Å²) in [5.74, 6) is 0.681. The molecule has 0 aliphatic carbocycles. The summed E-state index contributed by atoms with van der Waals surface area (Å²) in [6.45, 7) is 1.83. The lowest BCUT2D eigenvalue weighted by atomic mass is 10.2. The van der Waals surface area contributed by atoms with Crippen LogP contribution in [0.4, 0.5) is 11.4 Å². The van der Waals surface area contributed by atoms with Gasteiger partial charge in [-0.3, -0.25) is 9.10 Å². The monoisotopic (exact) mass is 496 g/mol. The first-order valence-corrected chi connectivity index (χ1v) is 12.6. The number of ether oxygens (including phenoxy) is 2. The van der Waals surface area contributed by atoms with Crippen molar-refractivity contribution in [1.82, 2.24) is 0 Å². The molecule has 0 aliphatic rings. The molecule has 7 nitrogen and oxygen atoms in total. The molecule has 4 rings (SSSR count). The molecule has 0 fully saturated rings. The third kappa shape index (κ3) is 4.57. The van der Waals surface area contributed by atoms with E-state index < -0.39 is 10.0 Å². The van der Waals surface area contributed by atoms with Crippen LogP contribution in [0.5, 0.6) is 11.5 Å². The molecule has 1 heterocycles. The lowest BCUT2D eigenvalue weighted by Gasteiger charge is -2.21. The molecule has 0 atom stereocenters. The van der Waals surface area contributed by atoms with Crippen molar-refractivity contribution in [3.63, 3.8) is 0 Å². The topological polar surface area (TPSA) is 84.9 Å². The molecule has 34 heavy (non-hydrogen) atoms. The van der Waals surface area contributed by atoms with E-state index in [0.29, 0.717) is 22.0 Å². The fourth-order valence-electron chi connectivity index (χ4n) is 3.50. The predicted molar refractivity (Wildman–Crippen MR) is 136 cm³/mol. The number of carbonyl (C=O) groups excluding carboxylic acids is 1. The number of aryl methyl sites for hydroxylation is 1. The molecule has 0 unspecified atom stereocenters. The number of carbonyl (C=O) groups is 1. The van der Waals surface area contributed by atoms with Crippen LogP contribution in [0.1, 0.15) is 15.2 Å². The van der Waals surface area contributed by atoms with Crippen LogP contribution in [0.2, 0.25) is 0 Å². The highest BCUT2D eigenvalue weighted by Gasteiger charge is 2.26. The van der Waals surface area contributed by atoms with Crippen molar-refractivity contribution >= 4 is 48.7 Å². The van der Waals surface area contributed by atoms with E-state index in [9.17, 15) is 13.2 Å². The van der Waals surface area contributed by atoms with Gasteiger partial charge in [0.05, 0.1) is 24.8 Å². The standard InChI is InChI=1S/C25H24N2O5S2/c1-16-8-10-21(32-4)24(12-16)34(29,30)27(2)19-9-11-22-17(13-19)14-23(33-22)25(28)26-18-6-5-7-20(15-18)31-3/h5-15H,1-4H3,(H,26,28). The molecule has 1 aromatic heterocycles. The van der Waals surface area contributed by atoms with E-state index >= 15 is 0 Å². The molecule has 3 aromatic carbocycles. The minimum absolute atomic E-state index is 0.0984. The smallest absolute Gasteiger partial charge is 0.267 e. The minimum Gasteiger partial charge on any atom is -0.497 e. The quantitative estimate of drug-likeness (QED) is 0.375. The molecular formula is C25H24N2O5S2. The van der Waals surface area contributed by atoms with Crippen molar-refractivity contribution in [2.75, 3.05) is 30.9 Å². The zero-order valence-electron chi connectivity index (χ0n) is 19.2. The van der Waals surface area contributed by atoms with Crippen molar-refractivity contribution in [3.05, 3.63) is 77.2 Å². The van der Waals surface area contributed by atoms with Gasteiger partial charge in [-0.2, -0.15) is 0 Å². The van der Waals surface area contributed by atoms with Gasteiger partial charge in [0, 0.05) is 23.5 Å². The van der Waals surface area contributed by atoms with Crippen LogP contribution in [-0.4, -0.2) is 35.6 Å². The molecule has 0 saturated heterocycles. The number of nitrogens with zero attached hydrogens (tertiary/aromatic N) is 1. The van der Waals surface area contributed by atoms with Gasteiger partial charge in [0.15, 0.2) is 0 Å². The fourth-order valence-corrected chi connectivity index (χ4v) is 5.87. The zero-order chi connectivity index (χ0) is 24.5. The van der Waals surface area contributed by atoms with E-state index in [1.54, 1.807) is 67.8 Å². The van der Waals surface area contributed by atoms with Gasteiger partial charge in [-0.15, -0.1) is 11.3 Å². The summed E-state index contributed by atoms with van der Waals surface area (Å²) in [7, 11) is 0.649. The molecule has 4 aromatic rings. The molecule has 0 bridgehead atoms. The molecule has 0 saturated carbocycles. The SMILES string of the molecule is COc1cccc(NC(=O)c2cc3cc(N(C)S(=O)(=O)c4cc(C)ccc4OC)ccc3s2)c1. The number of hydrogen-bond donors (Lipinski definition) is 1. The first-order chi connectivity index (χ1) is 16.2. The van der Waals surface area contributed by atoms with Crippen molar-refractivity contribution in [1.29, 1.82) is 0 Å². The first kappa shape index (κ1) is 23.6. The van der Waals surface area contributed by atoms with E-state index in [0.717, 1.165) is 15.6 Å². The Morgan fingerprint density at radius 3 is 2.50 bits per heavy atom. The van der Waals surface area contributed by atoms with Gasteiger partial charge < -0.3 is 14.8 Å². The number of rotatable bonds is 7. The Balaban J connectivity index is 1.63. The number of sulfonamides is 1. The zero-order valence-corrected chi connectivity index (χ0v) is 20.8. The van der Waals surface area contributed by atoms with Gasteiger partial charge in [-0.25, -0.2) is 8.42 Å². The molecular weight excluding hydrogens is 472 g/mol. The number of amides is 1. The van der Waals surface area contributed by atoms with E-state index in [4.69, 9.17) is 9.47 Å². The predicted octanol–water partition coefficient (Wildman–Crippen LogP) is 5.30. The minimum atomic E-state index is -3.86. The number of nitrogens with one attached hydrogen (secondary N) is 1. The highest BCUT2D eigenvalue weighted by molar-refractivity contribution is 7.93. The fraction of sp³-hybridized carbons (Fsp3) is 0.160. The molecule has 9 heteroatoms. The van der Waals surface area contributed by atoms with Gasteiger partial charge >= 0.3 is 0 Å². The number of hydrogen-bond acceptors (Lipinski definition) is 6. The van der Waals surface area contributed by atoms with E-state index in [-0.39, 0.29) is 16.6 Å². The lowest BCUT2D eigenvalue weighted by molar-refractivity contribution is 0.103. The van der Waals surface area contributed by atoms with Crippen LogP contribution in [0.15, 0.2) is 71.6 Å². The molecule has 0 aliphatic heterocycles. The largest absolute Gasteiger partial charge is 0.497 e. The third-order valence-corrected chi connectivity index (χ3v) is 8.29. The lowest BCUT2D eigenvalue weighted by Crippen LogP contribution is -2.27. The Labute approximate surface area is 202 Å². The first-order valence-electron chi connectivity index (χ1n) is 10.4. The third-order valence-electron chi connectivity index (χ3n) is 5.37.